The molecule has 1 aromatic carbocycles. The van der Waals surface area contributed by atoms with Gasteiger partial charge in [-0.1, -0.05) is 12.1 Å². The number of hydrogen-bond acceptors (Lipinski definition) is 6. The van der Waals surface area contributed by atoms with Crippen LogP contribution < -0.4 is 0 Å². The molecule has 0 fully saturated rings. The summed E-state index contributed by atoms with van der Waals surface area (Å²) in [6, 6.07) is 6.78. The summed E-state index contributed by atoms with van der Waals surface area (Å²) >= 11 is 0. The van der Waals surface area contributed by atoms with E-state index in [4.69, 9.17) is 4.74 Å². The van der Waals surface area contributed by atoms with Gasteiger partial charge in [-0.25, -0.2) is 4.79 Å². The van der Waals surface area contributed by atoms with Gasteiger partial charge in [-0.05, 0) is 31.2 Å². The zero-order valence-corrected chi connectivity index (χ0v) is 13.6. The highest BCUT2D eigenvalue weighted by Crippen LogP contribution is 2.16. The highest BCUT2D eigenvalue weighted by atomic mass is 16.5. The Morgan fingerprint density at radius 3 is 2.70 bits per heavy atom. The van der Waals surface area contributed by atoms with Crippen molar-refractivity contribution in [3.8, 4) is 11.4 Å². The first-order valence-electron chi connectivity index (χ1n) is 7.16. The molecule has 0 bridgehead atoms. The van der Waals surface area contributed by atoms with E-state index in [1.807, 2.05) is 0 Å². The van der Waals surface area contributed by atoms with Gasteiger partial charge in [-0.15, -0.1) is 10.2 Å². The van der Waals surface area contributed by atoms with E-state index in [-0.39, 0.29) is 18.6 Å². The summed E-state index contributed by atoms with van der Waals surface area (Å²) in [5.41, 5.74) is 1.05. The second-order valence-corrected chi connectivity index (χ2v) is 5.47. The maximum atomic E-state index is 11.9. The second kappa shape index (κ2) is 6.99. The summed E-state index contributed by atoms with van der Waals surface area (Å²) in [4.78, 5) is 26.2. The molecule has 8 nitrogen and oxygen atoms in total. The van der Waals surface area contributed by atoms with Gasteiger partial charge in [0.05, 0.1) is 11.7 Å². The van der Waals surface area contributed by atoms with Gasteiger partial charge in [0.25, 0.3) is 0 Å². The molecule has 0 radical (unpaired) electrons. The molecule has 0 spiro atoms. The molecule has 1 amide bonds. The van der Waals surface area contributed by atoms with Gasteiger partial charge in [0.1, 0.15) is 6.54 Å². The van der Waals surface area contributed by atoms with Crippen LogP contribution in [0.4, 0.5) is 0 Å². The van der Waals surface area contributed by atoms with E-state index in [9.17, 15) is 9.59 Å². The third kappa shape index (κ3) is 4.35. The smallest absolute Gasteiger partial charge is 0.338 e. The van der Waals surface area contributed by atoms with E-state index in [2.05, 4.69) is 15.4 Å². The normalized spacial score (nSPS) is 10.7. The van der Waals surface area contributed by atoms with E-state index in [0.29, 0.717) is 17.0 Å². The van der Waals surface area contributed by atoms with Crippen molar-refractivity contribution in [2.45, 2.75) is 26.5 Å². The molecule has 23 heavy (non-hydrogen) atoms. The maximum absolute atomic E-state index is 11.9. The number of benzene rings is 1. The Bertz CT molecular complexity index is 709. The van der Waals surface area contributed by atoms with Crippen molar-refractivity contribution in [1.82, 2.24) is 25.1 Å². The molecular weight excluding hydrogens is 298 g/mol. The van der Waals surface area contributed by atoms with Crippen LogP contribution in [0.5, 0.6) is 0 Å². The summed E-state index contributed by atoms with van der Waals surface area (Å²) in [6.07, 6.45) is -0.192. The number of likely N-dealkylation sites (N-methyl/N-ethyl adjacent to an activating group) is 1. The fraction of sp³-hybridized carbons (Fsp3) is 0.400. The van der Waals surface area contributed by atoms with E-state index >= 15 is 0 Å². The van der Waals surface area contributed by atoms with Crippen molar-refractivity contribution >= 4 is 11.9 Å². The topological polar surface area (TPSA) is 90.2 Å². The Balaban J connectivity index is 2.18. The number of carbonyl (C=O) groups is 2. The Morgan fingerprint density at radius 2 is 2.04 bits per heavy atom. The zero-order valence-electron chi connectivity index (χ0n) is 13.6. The van der Waals surface area contributed by atoms with Crippen molar-refractivity contribution in [3.05, 3.63) is 29.8 Å². The summed E-state index contributed by atoms with van der Waals surface area (Å²) in [6.45, 7) is 3.59. The van der Waals surface area contributed by atoms with Gasteiger partial charge in [0, 0.05) is 19.7 Å². The van der Waals surface area contributed by atoms with E-state index in [0.717, 1.165) is 0 Å². The fourth-order valence-corrected chi connectivity index (χ4v) is 1.76. The number of esters is 1. The molecule has 0 atom stereocenters. The predicted molar refractivity (Wildman–Crippen MR) is 82.5 cm³/mol. The molecule has 0 unspecified atom stereocenters. The van der Waals surface area contributed by atoms with Crippen LogP contribution in [0.1, 0.15) is 24.2 Å². The molecular formula is C15H19N5O3. The molecule has 0 saturated heterocycles. The van der Waals surface area contributed by atoms with Crippen LogP contribution in [0.25, 0.3) is 11.4 Å². The van der Waals surface area contributed by atoms with Crippen molar-refractivity contribution in [3.63, 3.8) is 0 Å². The number of carbonyl (C=O) groups excluding carboxylic acids is 2. The molecule has 122 valence electrons. The Kier molecular flexibility index (Phi) is 5.05. The number of nitrogens with zero attached hydrogens (tertiary/aromatic N) is 5. The molecule has 2 rings (SSSR count). The van der Waals surface area contributed by atoms with Gasteiger partial charge in [0.15, 0.2) is 0 Å². The first kappa shape index (κ1) is 16.6. The molecule has 0 saturated carbocycles. The fourth-order valence-electron chi connectivity index (χ4n) is 1.76. The van der Waals surface area contributed by atoms with Crippen LogP contribution in [0.3, 0.4) is 0 Å². The maximum Gasteiger partial charge on any atom is 0.338 e. The number of ether oxygens (including phenoxy) is 1. The van der Waals surface area contributed by atoms with Crippen LogP contribution in [0.15, 0.2) is 24.3 Å². The largest absolute Gasteiger partial charge is 0.459 e. The van der Waals surface area contributed by atoms with Crippen LogP contribution in [0, 0.1) is 0 Å². The number of hydrogen-bond donors (Lipinski definition) is 0. The average molecular weight is 317 g/mol. The molecule has 2 aromatic rings. The summed E-state index contributed by atoms with van der Waals surface area (Å²) in [5.74, 6) is -0.198. The second-order valence-electron chi connectivity index (χ2n) is 5.47. The van der Waals surface area contributed by atoms with Crippen LogP contribution in [-0.2, 0) is 16.1 Å². The minimum absolute atomic E-state index is 0.00901. The van der Waals surface area contributed by atoms with Crippen molar-refractivity contribution in [1.29, 1.82) is 0 Å². The summed E-state index contributed by atoms with van der Waals surface area (Å²) in [7, 11) is 3.31. The van der Waals surface area contributed by atoms with Crippen molar-refractivity contribution in [2.24, 2.45) is 0 Å². The van der Waals surface area contributed by atoms with E-state index in [1.165, 1.54) is 9.70 Å². The first-order valence-corrected chi connectivity index (χ1v) is 7.16. The lowest BCUT2D eigenvalue weighted by atomic mass is 10.1. The van der Waals surface area contributed by atoms with Crippen molar-refractivity contribution < 1.29 is 14.3 Å². The van der Waals surface area contributed by atoms with Gasteiger partial charge in [0.2, 0.25) is 11.7 Å². The summed E-state index contributed by atoms with van der Waals surface area (Å²) < 4.78 is 5.16. The van der Waals surface area contributed by atoms with Crippen LogP contribution in [0.2, 0.25) is 0 Å². The monoisotopic (exact) mass is 317 g/mol. The first-order chi connectivity index (χ1) is 10.9. The van der Waals surface area contributed by atoms with Gasteiger partial charge >= 0.3 is 5.97 Å². The Hall–Kier alpha value is -2.77. The third-order valence-corrected chi connectivity index (χ3v) is 2.93. The lowest BCUT2D eigenvalue weighted by molar-refractivity contribution is -0.129. The highest BCUT2D eigenvalue weighted by Gasteiger charge is 2.14. The molecule has 1 aromatic heterocycles. The minimum Gasteiger partial charge on any atom is -0.459 e. The molecule has 0 N–H and O–H groups in total. The van der Waals surface area contributed by atoms with Crippen LogP contribution >= 0.6 is 0 Å². The number of rotatable bonds is 5. The number of tetrazole rings is 1. The Morgan fingerprint density at radius 1 is 1.30 bits per heavy atom. The standard InChI is InChI=1S/C15H19N5O3/c1-10(2)23-15(22)12-7-5-6-11(8-12)14-16-18-20(17-14)9-13(21)19(3)4/h5-8,10H,9H2,1-4H3. The molecule has 1 heterocycles. The lowest BCUT2D eigenvalue weighted by Crippen LogP contribution is -2.27. The number of aromatic nitrogens is 4. The molecule has 0 aliphatic carbocycles. The molecule has 8 heteroatoms. The van der Waals surface area contributed by atoms with Gasteiger partial charge in [-0.2, -0.15) is 4.80 Å². The van der Waals surface area contributed by atoms with E-state index in [1.54, 1.807) is 52.2 Å². The highest BCUT2D eigenvalue weighted by molar-refractivity contribution is 5.90. The van der Waals surface area contributed by atoms with Gasteiger partial charge in [-0.3, -0.25) is 4.79 Å². The molecule has 0 aliphatic heterocycles. The van der Waals surface area contributed by atoms with E-state index < -0.39 is 5.97 Å². The van der Waals surface area contributed by atoms with Crippen LogP contribution in [-0.4, -0.2) is 57.2 Å². The lowest BCUT2D eigenvalue weighted by Gasteiger charge is -2.08. The SMILES string of the molecule is CC(C)OC(=O)c1cccc(-c2nnn(CC(=O)N(C)C)n2)c1. The molecule has 0 aliphatic rings. The quantitative estimate of drug-likeness (QED) is 0.764. The average Bonchev–Trinajstić information content (AvgIpc) is 2.95. The predicted octanol–water partition coefficient (Wildman–Crippen LogP) is 0.993. The third-order valence-electron chi connectivity index (χ3n) is 2.93. The summed E-state index contributed by atoms with van der Waals surface area (Å²) in [5, 5.41) is 11.9. The van der Waals surface area contributed by atoms with Crippen molar-refractivity contribution in [2.75, 3.05) is 14.1 Å². The zero-order chi connectivity index (χ0) is 17.0. The number of amides is 1. The van der Waals surface area contributed by atoms with Gasteiger partial charge < -0.3 is 9.64 Å². The Labute approximate surface area is 134 Å². The minimum atomic E-state index is -0.406.